The second-order valence-electron chi connectivity index (χ2n) is 3.92. The van der Waals surface area contributed by atoms with Gasteiger partial charge in [0.1, 0.15) is 0 Å². The van der Waals surface area contributed by atoms with Crippen LogP contribution in [-0.2, 0) is 0 Å². The highest BCUT2D eigenvalue weighted by atomic mass is 32.2. The second-order valence-corrected chi connectivity index (χ2v) is 5.00. The zero-order chi connectivity index (χ0) is 11.7. The summed E-state index contributed by atoms with van der Waals surface area (Å²) in [6, 6.07) is 0.510. The molecule has 15 heavy (non-hydrogen) atoms. The highest BCUT2D eigenvalue weighted by Gasteiger charge is 2.14. The van der Waals surface area contributed by atoms with Gasteiger partial charge in [-0.3, -0.25) is 0 Å². The summed E-state index contributed by atoms with van der Waals surface area (Å²) in [5.74, 6) is 2.28. The van der Waals surface area contributed by atoms with E-state index >= 15 is 0 Å². The molecule has 0 aromatic rings. The van der Waals surface area contributed by atoms with E-state index in [2.05, 4.69) is 26.1 Å². The van der Waals surface area contributed by atoms with Crippen molar-refractivity contribution in [2.45, 2.75) is 39.3 Å². The van der Waals surface area contributed by atoms with Crippen molar-refractivity contribution < 1.29 is 10.2 Å². The van der Waals surface area contributed by atoms with Gasteiger partial charge in [-0.1, -0.05) is 27.2 Å². The number of aliphatic hydroxyl groups is 2. The van der Waals surface area contributed by atoms with Crippen molar-refractivity contribution in [3.63, 3.8) is 0 Å². The molecule has 3 nitrogen and oxygen atoms in total. The zero-order valence-corrected chi connectivity index (χ0v) is 10.9. The van der Waals surface area contributed by atoms with E-state index in [0.717, 1.165) is 12.3 Å². The molecule has 0 bridgehead atoms. The molecule has 4 heteroatoms. The third kappa shape index (κ3) is 7.17. The molecule has 0 saturated carbocycles. The van der Waals surface area contributed by atoms with Crippen LogP contribution >= 0.6 is 11.8 Å². The predicted octanol–water partition coefficient (Wildman–Crippen LogP) is 1.10. The van der Waals surface area contributed by atoms with E-state index in [1.165, 1.54) is 6.42 Å². The maximum atomic E-state index is 9.21. The molecule has 0 radical (unpaired) electrons. The van der Waals surface area contributed by atoms with Crippen molar-refractivity contribution in [3.05, 3.63) is 0 Å². The van der Waals surface area contributed by atoms with E-state index in [9.17, 15) is 5.11 Å². The van der Waals surface area contributed by atoms with Crippen LogP contribution in [0.5, 0.6) is 0 Å². The van der Waals surface area contributed by atoms with E-state index < -0.39 is 6.10 Å². The van der Waals surface area contributed by atoms with Crippen LogP contribution in [-0.4, -0.2) is 47.0 Å². The number of aliphatic hydroxyl groups excluding tert-OH is 2. The number of rotatable bonds is 9. The van der Waals surface area contributed by atoms with Crippen LogP contribution in [0.1, 0.15) is 27.2 Å². The summed E-state index contributed by atoms with van der Waals surface area (Å²) in [6.45, 7) is 7.40. The summed E-state index contributed by atoms with van der Waals surface area (Å²) in [4.78, 5) is 0. The summed E-state index contributed by atoms with van der Waals surface area (Å²) >= 11 is 1.71. The lowest BCUT2D eigenvalue weighted by Crippen LogP contribution is -2.37. The maximum absolute atomic E-state index is 9.21. The van der Waals surface area contributed by atoms with Gasteiger partial charge < -0.3 is 15.5 Å². The molecular weight excluding hydrogens is 210 g/mol. The number of thioether (sulfide) groups is 1. The lowest BCUT2D eigenvalue weighted by molar-refractivity contribution is 0.113. The molecule has 0 rings (SSSR count). The molecule has 0 spiro atoms. The van der Waals surface area contributed by atoms with E-state index in [1.54, 1.807) is 11.8 Å². The van der Waals surface area contributed by atoms with Crippen LogP contribution in [0.2, 0.25) is 0 Å². The zero-order valence-electron chi connectivity index (χ0n) is 10.1. The standard InChI is InChI=1S/C11H25NO2S/c1-4-9(3)11(12-5-2)8-15-7-10(14)6-13/h9-14H,4-8H2,1-3H3. The fourth-order valence-electron chi connectivity index (χ4n) is 1.35. The SMILES string of the molecule is CCNC(CSCC(O)CO)C(C)CC. The lowest BCUT2D eigenvalue weighted by Gasteiger charge is -2.23. The van der Waals surface area contributed by atoms with Crippen molar-refractivity contribution in [2.24, 2.45) is 5.92 Å². The number of hydrogen-bond donors (Lipinski definition) is 3. The van der Waals surface area contributed by atoms with E-state index in [-0.39, 0.29) is 6.61 Å². The van der Waals surface area contributed by atoms with Gasteiger partial charge in [0.05, 0.1) is 12.7 Å². The van der Waals surface area contributed by atoms with E-state index in [0.29, 0.717) is 17.7 Å². The molecule has 0 aliphatic rings. The summed E-state index contributed by atoms with van der Waals surface area (Å²) < 4.78 is 0. The van der Waals surface area contributed by atoms with E-state index in [1.807, 2.05) is 0 Å². The largest absolute Gasteiger partial charge is 0.394 e. The molecule has 0 saturated heterocycles. The molecule has 0 aliphatic carbocycles. The summed E-state index contributed by atoms with van der Waals surface area (Å²) in [7, 11) is 0. The van der Waals surface area contributed by atoms with Crippen LogP contribution in [0, 0.1) is 5.92 Å². The molecule has 0 aromatic heterocycles. The molecule has 0 aromatic carbocycles. The first-order valence-electron chi connectivity index (χ1n) is 5.75. The first kappa shape index (κ1) is 15.2. The minimum Gasteiger partial charge on any atom is -0.394 e. The van der Waals surface area contributed by atoms with Crippen molar-refractivity contribution in [1.29, 1.82) is 0 Å². The van der Waals surface area contributed by atoms with Crippen molar-refractivity contribution in [3.8, 4) is 0 Å². The van der Waals surface area contributed by atoms with E-state index in [4.69, 9.17) is 5.11 Å². The quantitative estimate of drug-likeness (QED) is 0.560. The van der Waals surface area contributed by atoms with Gasteiger partial charge in [0.2, 0.25) is 0 Å². The highest BCUT2D eigenvalue weighted by Crippen LogP contribution is 2.14. The summed E-state index contributed by atoms with van der Waals surface area (Å²) in [5.41, 5.74) is 0. The smallest absolute Gasteiger partial charge is 0.0861 e. The molecule has 0 fully saturated rings. The molecule has 0 heterocycles. The summed E-state index contributed by atoms with van der Waals surface area (Å²) in [5, 5.41) is 21.3. The number of nitrogens with one attached hydrogen (secondary N) is 1. The van der Waals surface area contributed by atoms with Gasteiger partial charge in [0, 0.05) is 17.5 Å². The fraction of sp³-hybridized carbons (Fsp3) is 1.00. The third-order valence-electron chi connectivity index (χ3n) is 2.62. The normalized spacial score (nSPS) is 17.4. The molecule has 3 unspecified atom stereocenters. The molecule has 3 atom stereocenters. The Morgan fingerprint density at radius 3 is 2.40 bits per heavy atom. The van der Waals surface area contributed by atoms with Crippen LogP contribution in [0.4, 0.5) is 0 Å². The number of hydrogen-bond acceptors (Lipinski definition) is 4. The van der Waals surface area contributed by atoms with Crippen molar-refractivity contribution >= 4 is 11.8 Å². The van der Waals surface area contributed by atoms with Crippen molar-refractivity contribution in [2.75, 3.05) is 24.7 Å². The maximum Gasteiger partial charge on any atom is 0.0861 e. The second kappa shape index (κ2) is 9.46. The van der Waals surface area contributed by atoms with Crippen LogP contribution in [0.15, 0.2) is 0 Å². The van der Waals surface area contributed by atoms with Crippen molar-refractivity contribution in [1.82, 2.24) is 5.32 Å². The van der Waals surface area contributed by atoms with Gasteiger partial charge in [0.15, 0.2) is 0 Å². The Hall–Kier alpha value is 0.230. The Morgan fingerprint density at radius 2 is 1.93 bits per heavy atom. The van der Waals surface area contributed by atoms with Gasteiger partial charge in [-0.25, -0.2) is 0 Å². The first-order valence-corrected chi connectivity index (χ1v) is 6.91. The monoisotopic (exact) mass is 235 g/mol. The topological polar surface area (TPSA) is 52.5 Å². The molecule has 92 valence electrons. The van der Waals surface area contributed by atoms with Crippen LogP contribution in [0.25, 0.3) is 0 Å². The average Bonchev–Trinajstić information content (AvgIpc) is 2.26. The fourth-order valence-corrected chi connectivity index (χ4v) is 2.57. The molecular formula is C11H25NO2S. The van der Waals surface area contributed by atoms with Gasteiger partial charge in [-0.15, -0.1) is 0 Å². The Morgan fingerprint density at radius 1 is 1.27 bits per heavy atom. The predicted molar refractivity (Wildman–Crippen MR) is 67.3 cm³/mol. The Bertz CT molecular complexity index is 147. The minimum absolute atomic E-state index is 0.137. The van der Waals surface area contributed by atoms with Gasteiger partial charge in [-0.2, -0.15) is 11.8 Å². The minimum atomic E-state index is -0.575. The van der Waals surface area contributed by atoms with Crippen LogP contribution < -0.4 is 5.32 Å². The lowest BCUT2D eigenvalue weighted by atomic mass is 10.0. The van der Waals surface area contributed by atoms with Gasteiger partial charge in [-0.05, 0) is 12.5 Å². The first-order chi connectivity index (χ1) is 7.15. The Kier molecular flexibility index (Phi) is 9.60. The Labute approximate surface area is 97.7 Å². The average molecular weight is 235 g/mol. The molecule has 0 aliphatic heterocycles. The third-order valence-corrected chi connectivity index (χ3v) is 3.83. The summed E-state index contributed by atoms with van der Waals surface area (Å²) in [6.07, 6.45) is 0.593. The van der Waals surface area contributed by atoms with Gasteiger partial charge >= 0.3 is 0 Å². The van der Waals surface area contributed by atoms with Gasteiger partial charge in [0.25, 0.3) is 0 Å². The van der Waals surface area contributed by atoms with Crippen LogP contribution in [0.3, 0.4) is 0 Å². The highest BCUT2D eigenvalue weighted by molar-refractivity contribution is 7.99. The molecule has 0 amide bonds. The Balaban J connectivity index is 3.75. The molecule has 3 N–H and O–H groups in total.